The van der Waals surface area contributed by atoms with Crippen molar-refractivity contribution >= 4 is 23.0 Å². The van der Waals surface area contributed by atoms with E-state index in [0.717, 1.165) is 66.3 Å². The van der Waals surface area contributed by atoms with Crippen molar-refractivity contribution in [1.29, 1.82) is 0 Å². The van der Waals surface area contributed by atoms with Gasteiger partial charge in [-0.15, -0.1) is 0 Å². The van der Waals surface area contributed by atoms with Crippen molar-refractivity contribution in [1.82, 2.24) is 14.5 Å². The summed E-state index contributed by atoms with van der Waals surface area (Å²) in [6.45, 7) is 4.15. The molecule has 0 spiro atoms. The van der Waals surface area contributed by atoms with Gasteiger partial charge in [0.15, 0.2) is 11.5 Å². The Bertz CT molecular complexity index is 1180. The number of imidazole rings is 1. The first-order valence-corrected chi connectivity index (χ1v) is 11.9. The number of benzene rings is 2. The summed E-state index contributed by atoms with van der Waals surface area (Å²) in [4.78, 5) is 19.6. The van der Waals surface area contributed by atoms with E-state index >= 15 is 0 Å². The molecule has 172 valence electrons. The summed E-state index contributed by atoms with van der Waals surface area (Å²) >= 11 is 0. The number of carbonyl (C=O) groups is 1. The van der Waals surface area contributed by atoms with Crippen LogP contribution in [0.3, 0.4) is 0 Å². The smallest absolute Gasteiger partial charge is 0.223 e. The molecule has 2 aromatic carbocycles. The van der Waals surface area contributed by atoms with Gasteiger partial charge in [0.05, 0.1) is 24.8 Å². The molecule has 0 N–H and O–H groups in total. The van der Waals surface area contributed by atoms with Gasteiger partial charge in [0.25, 0.3) is 0 Å². The third-order valence-corrected chi connectivity index (χ3v) is 6.53. The fourth-order valence-corrected chi connectivity index (χ4v) is 4.79. The standard InChI is InChI=1S/C27H31N3O3/c1-3-7-19-10-13-24(25(16-19)32-2)33-15-6-14-29-23-9-5-4-8-22(23)28-27(29)20-17-26(31)30(18-20)21-11-12-21/h3-5,7-10,13,16,20-21H,6,11-12,14-15,17-18H2,1-2H3/b7-3+. The monoisotopic (exact) mass is 445 g/mol. The summed E-state index contributed by atoms with van der Waals surface area (Å²) in [5.41, 5.74) is 3.20. The molecule has 1 aromatic heterocycles. The van der Waals surface area contributed by atoms with Crippen molar-refractivity contribution in [2.75, 3.05) is 20.3 Å². The molecular weight excluding hydrogens is 414 g/mol. The van der Waals surface area contributed by atoms with Gasteiger partial charge < -0.3 is 18.9 Å². The third kappa shape index (κ3) is 4.47. The van der Waals surface area contributed by atoms with Crippen LogP contribution in [0.2, 0.25) is 0 Å². The maximum atomic E-state index is 12.6. The Morgan fingerprint density at radius 1 is 1.15 bits per heavy atom. The van der Waals surface area contributed by atoms with Gasteiger partial charge in [-0.3, -0.25) is 4.79 Å². The van der Waals surface area contributed by atoms with Crippen LogP contribution < -0.4 is 9.47 Å². The SMILES string of the molecule is C/C=C/c1ccc(OCCCn2c(C3CC(=O)N(C4CC4)C3)nc3ccccc32)c(OC)c1. The van der Waals surface area contributed by atoms with E-state index in [1.807, 2.05) is 49.4 Å². The summed E-state index contributed by atoms with van der Waals surface area (Å²) in [5.74, 6) is 2.96. The number of methoxy groups -OCH3 is 1. The molecule has 0 radical (unpaired) electrons. The van der Waals surface area contributed by atoms with Crippen molar-refractivity contribution in [3.63, 3.8) is 0 Å². The highest BCUT2D eigenvalue weighted by Crippen LogP contribution is 2.37. The molecule has 1 aliphatic heterocycles. The van der Waals surface area contributed by atoms with Gasteiger partial charge >= 0.3 is 0 Å². The number of fused-ring (bicyclic) bond motifs is 1. The molecule has 1 saturated carbocycles. The van der Waals surface area contributed by atoms with Gasteiger partial charge in [-0.2, -0.15) is 0 Å². The van der Waals surface area contributed by atoms with Crippen molar-refractivity contribution in [3.05, 3.63) is 59.9 Å². The predicted octanol–water partition coefficient (Wildman–Crippen LogP) is 5.03. The summed E-state index contributed by atoms with van der Waals surface area (Å²) in [6, 6.07) is 14.7. The Morgan fingerprint density at radius 3 is 2.79 bits per heavy atom. The number of hydrogen-bond donors (Lipinski definition) is 0. The van der Waals surface area contributed by atoms with Crippen LogP contribution in [0.5, 0.6) is 11.5 Å². The Labute approximate surface area is 194 Å². The van der Waals surface area contributed by atoms with E-state index in [-0.39, 0.29) is 11.8 Å². The van der Waals surface area contributed by atoms with Crippen molar-refractivity contribution in [2.45, 2.75) is 51.1 Å². The highest BCUT2D eigenvalue weighted by atomic mass is 16.5. The van der Waals surface area contributed by atoms with Crippen LogP contribution >= 0.6 is 0 Å². The Kier molecular flexibility index (Phi) is 6.07. The van der Waals surface area contributed by atoms with Crippen molar-refractivity contribution in [3.8, 4) is 11.5 Å². The quantitative estimate of drug-likeness (QED) is 0.434. The molecule has 2 aliphatic rings. The zero-order chi connectivity index (χ0) is 22.8. The molecule has 5 rings (SSSR count). The lowest BCUT2D eigenvalue weighted by molar-refractivity contribution is -0.128. The van der Waals surface area contributed by atoms with Crippen LogP contribution in [0.1, 0.15) is 49.9 Å². The first kappa shape index (κ1) is 21.6. The summed E-state index contributed by atoms with van der Waals surface area (Å²) in [5, 5.41) is 0. The van der Waals surface area contributed by atoms with E-state index in [1.54, 1.807) is 7.11 Å². The van der Waals surface area contributed by atoms with Crippen molar-refractivity contribution in [2.24, 2.45) is 0 Å². The zero-order valence-corrected chi connectivity index (χ0v) is 19.4. The largest absolute Gasteiger partial charge is 0.493 e. The zero-order valence-electron chi connectivity index (χ0n) is 19.4. The van der Waals surface area contributed by atoms with E-state index in [9.17, 15) is 4.79 Å². The molecule has 2 fully saturated rings. The number of rotatable bonds is 9. The van der Waals surface area contributed by atoms with Crippen LogP contribution in [-0.2, 0) is 11.3 Å². The van der Waals surface area contributed by atoms with Gasteiger partial charge in [-0.25, -0.2) is 4.98 Å². The first-order chi connectivity index (χ1) is 16.2. The average Bonchev–Trinajstić information content (AvgIpc) is 3.50. The van der Waals surface area contributed by atoms with Crippen LogP contribution in [0.4, 0.5) is 0 Å². The maximum absolute atomic E-state index is 12.6. The van der Waals surface area contributed by atoms with Crippen molar-refractivity contribution < 1.29 is 14.3 Å². The number of para-hydroxylation sites is 2. The van der Waals surface area contributed by atoms with E-state index in [1.165, 1.54) is 0 Å². The minimum atomic E-state index is 0.158. The molecule has 2 heterocycles. The molecule has 33 heavy (non-hydrogen) atoms. The average molecular weight is 446 g/mol. The number of ether oxygens (including phenoxy) is 2. The molecule has 6 heteroatoms. The molecule has 0 bridgehead atoms. The first-order valence-electron chi connectivity index (χ1n) is 11.9. The number of allylic oxidation sites excluding steroid dienone is 1. The van der Waals surface area contributed by atoms with Gasteiger partial charge in [-0.05, 0) is 56.0 Å². The fraction of sp³-hybridized carbons (Fsp3) is 0.407. The number of hydrogen-bond acceptors (Lipinski definition) is 4. The van der Waals surface area contributed by atoms with Gasteiger partial charge in [-0.1, -0.05) is 30.4 Å². The molecule has 1 unspecified atom stereocenters. The number of likely N-dealkylation sites (tertiary alicyclic amines) is 1. The number of aromatic nitrogens is 2. The number of amides is 1. The Balaban J connectivity index is 1.29. The van der Waals surface area contributed by atoms with Crippen LogP contribution in [0, 0.1) is 0 Å². The number of aryl methyl sites for hydroxylation is 1. The van der Waals surface area contributed by atoms with Crippen LogP contribution in [0.25, 0.3) is 17.1 Å². The summed E-state index contributed by atoms with van der Waals surface area (Å²) in [7, 11) is 1.67. The second kappa shape index (κ2) is 9.30. The highest BCUT2D eigenvalue weighted by Gasteiger charge is 2.41. The molecule has 1 aliphatic carbocycles. The highest BCUT2D eigenvalue weighted by molar-refractivity contribution is 5.81. The minimum Gasteiger partial charge on any atom is -0.493 e. The molecular formula is C27H31N3O3. The van der Waals surface area contributed by atoms with Gasteiger partial charge in [0, 0.05) is 31.5 Å². The lowest BCUT2D eigenvalue weighted by Gasteiger charge is -2.17. The van der Waals surface area contributed by atoms with Crippen LogP contribution in [-0.4, -0.2) is 46.7 Å². The fourth-order valence-electron chi connectivity index (χ4n) is 4.79. The van der Waals surface area contributed by atoms with E-state index in [2.05, 4.69) is 21.6 Å². The lowest BCUT2D eigenvalue weighted by Crippen LogP contribution is -2.27. The lowest BCUT2D eigenvalue weighted by atomic mass is 10.1. The van der Waals surface area contributed by atoms with Gasteiger partial charge in [0.2, 0.25) is 5.91 Å². The number of carbonyl (C=O) groups excluding carboxylic acids is 1. The number of nitrogens with zero attached hydrogens (tertiary/aromatic N) is 3. The Hall–Kier alpha value is -3.28. The topological polar surface area (TPSA) is 56.6 Å². The minimum absolute atomic E-state index is 0.158. The normalized spacial score (nSPS) is 18.5. The molecule has 1 atom stereocenters. The van der Waals surface area contributed by atoms with Crippen LogP contribution in [0.15, 0.2) is 48.5 Å². The van der Waals surface area contributed by atoms with E-state index < -0.39 is 0 Å². The second-order valence-corrected chi connectivity index (χ2v) is 8.90. The Morgan fingerprint density at radius 2 is 2.00 bits per heavy atom. The molecule has 3 aromatic rings. The maximum Gasteiger partial charge on any atom is 0.223 e. The third-order valence-electron chi connectivity index (χ3n) is 6.53. The van der Waals surface area contributed by atoms with E-state index in [4.69, 9.17) is 14.5 Å². The summed E-state index contributed by atoms with van der Waals surface area (Å²) < 4.78 is 13.9. The van der Waals surface area contributed by atoms with E-state index in [0.29, 0.717) is 19.1 Å². The molecule has 6 nitrogen and oxygen atoms in total. The second-order valence-electron chi connectivity index (χ2n) is 8.90. The molecule has 1 saturated heterocycles. The summed E-state index contributed by atoms with van der Waals surface area (Å²) in [6.07, 6.45) is 7.73. The predicted molar refractivity (Wildman–Crippen MR) is 130 cm³/mol. The van der Waals surface area contributed by atoms with Gasteiger partial charge in [0.1, 0.15) is 5.82 Å². The molecule has 1 amide bonds.